The molecule has 0 radical (unpaired) electrons. The summed E-state index contributed by atoms with van der Waals surface area (Å²) >= 11 is 1.47. The predicted molar refractivity (Wildman–Crippen MR) is 106 cm³/mol. The summed E-state index contributed by atoms with van der Waals surface area (Å²) in [6.07, 6.45) is 1.51. The fraction of sp³-hybridized carbons (Fsp3) is 0.632. The number of hydrogen-bond donors (Lipinski definition) is 1. The maximum Gasteiger partial charge on any atom is 0.335 e. The lowest BCUT2D eigenvalue weighted by Gasteiger charge is -2.28. The standard InChI is InChI=1S/C19H28N2O5S/c1-5-9-13(15-10-8-11-16(22)26-15)20-17(23)14-12-27-18(21-14)19(4,24-6-2)25-7-3/h8,10-11,13-14H,5-7,9,12H2,1-4H3,(H,20,23). The van der Waals surface area contributed by atoms with Crippen LogP contribution in [0.3, 0.4) is 0 Å². The van der Waals surface area contributed by atoms with Crippen LogP contribution in [0.25, 0.3) is 0 Å². The third-order valence-electron chi connectivity index (χ3n) is 4.13. The summed E-state index contributed by atoms with van der Waals surface area (Å²) in [4.78, 5) is 28.8. The van der Waals surface area contributed by atoms with Crippen molar-refractivity contribution in [2.24, 2.45) is 4.99 Å². The summed E-state index contributed by atoms with van der Waals surface area (Å²) in [6, 6.07) is 3.81. The number of hydrogen-bond acceptors (Lipinski definition) is 7. The zero-order chi connectivity index (χ0) is 19.9. The average Bonchev–Trinajstić information content (AvgIpc) is 3.13. The summed E-state index contributed by atoms with van der Waals surface area (Å²) in [5.41, 5.74) is -0.427. The van der Waals surface area contributed by atoms with Crippen molar-refractivity contribution in [3.63, 3.8) is 0 Å². The van der Waals surface area contributed by atoms with Gasteiger partial charge < -0.3 is 19.2 Å². The first-order chi connectivity index (χ1) is 12.9. The second-order valence-corrected chi connectivity index (χ2v) is 7.28. The van der Waals surface area contributed by atoms with E-state index in [1.807, 2.05) is 27.7 Å². The maximum absolute atomic E-state index is 12.7. The first-order valence-corrected chi connectivity index (χ1v) is 10.3. The van der Waals surface area contributed by atoms with Gasteiger partial charge in [-0.05, 0) is 33.3 Å². The molecule has 1 N–H and O–H groups in total. The second-order valence-electron chi connectivity index (χ2n) is 6.27. The molecule has 1 aromatic heterocycles. The van der Waals surface area contributed by atoms with E-state index in [0.717, 1.165) is 6.42 Å². The molecule has 1 aliphatic rings. The van der Waals surface area contributed by atoms with E-state index >= 15 is 0 Å². The van der Waals surface area contributed by atoms with Gasteiger partial charge in [0, 0.05) is 25.0 Å². The van der Waals surface area contributed by atoms with E-state index in [1.54, 1.807) is 12.1 Å². The van der Waals surface area contributed by atoms with E-state index in [0.29, 0.717) is 36.2 Å². The van der Waals surface area contributed by atoms with Crippen LogP contribution in [-0.4, -0.2) is 41.7 Å². The minimum atomic E-state index is -0.932. The lowest BCUT2D eigenvalue weighted by atomic mass is 10.1. The fourth-order valence-corrected chi connectivity index (χ4v) is 4.03. The number of ether oxygens (including phenoxy) is 2. The van der Waals surface area contributed by atoms with Gasteiger partial charge >= 0.3 is 5.63 Å². The van der Waals surface area contributed by atoms with Crippen molar-refractivity contribution < 1.29 is 18.7 Å². The molecule has 7 nitrogen and oxygen atoms in total. The van der Waals surface area contributed by atoms with Crippen LogP contribution >= 0.6 is 11.8 Å². The molecule has 0 saturated carbocycles. The van der Waals surface area contributed by atoms with Crippen LogP contribution in [0.1, 0.15) is 52.3 Å². The summed E-state index contributed by atoms with van der Waals surface area (Å²) in [5.74, 6) is -0.147. The van der Waals surface area contributed by atoms with Gasteiger partial charge in [-0.1, -0.05) is 19.4 Å². The molecule has 2 unspecified atom stereocenters. The molecular formula is C19H28N2O5S. The van der Waals surface area contributed by atoms with E-state index in [4.69, 9.17) is 13.9 Å². The van der Waals surface area contributed by atoms with Gasteiger partial charge in [0.05, 0.1) is 6.04 Å². The minimum absolute atomic E-state index is 0.196. The highest BCUT2D eigenvalue weighted by Crippen LogP contribution is 2.30. The Kier molecular flexibility index (Phi) is 8.07. The Bertz CT molecular complexity index is 712. The van der Waals surface area contributed by atoms with Gasteiger partial charge in [0.2, 0.25) is 11.7 Å². The van der Waals surface area contributed by atoms with Crippen molar-refractivity contribution in [3.05, 3.63) is 34.4 Å². The largest absolute Gasteiger partial charge is 0.426 e. The van der Waals surface area contributed by atoms with Gasteiger partial charge in [0.1, 0.15) is 16.8 Å². The Morgan fingerprint density at radius 1 is 1.37 bits per heavy atom. The molecule has 27 heavy (non-hydrogen) atoms. The van der Waals surface area contributed by atoms with Crippen LogP contribution in [0.4, 0.5) is 0 Å². The van der Waals surface area contributed by atoms with E-state index in [2.05, 4.69) is 10.3 Å². The molecule has 0 aromatic carbocycles. The van der Waals surface area contributed by atoms with Crippen molar-refractivity contribution in [1.29, 1.82) is 0 Å². The van der Waals surface area contributed by atoms with Crippen LogP contribution < -0.4 is 10.9 Å². The number of carbonyl (C=O) groups excluding carboxylic acids is 1. The summed E-state index contributed by atoms with van der Waals surface area (Å²) in [5, 5.41) is 3.64. The third kappa shape index (κ3) is 5.67. The van der Waals surface area contributed by atoms with E-state index in [1.165, 1.54) is 17.8 Å². The summed E-state index contributed by atoms with van der Waals surface area (Å²) in [6.45, 7) is 8.59. The number of aliphatic imine (C=N–C) groups is 1. The molecule has 2 atom stereocenters. The van der Waals surface area contributed by atoms with Crippen LogP contribution in [0.2, 0.25) is 0 Å². The van der Waals surface area contributed by atoms with Gasteiger partial charge in [0.25, 0.3) is 0 Å². The van der Waals surface area contributed by atoms with Crippen LogP contribution in [0, 0.1) is 0 Å². The first-order valence-electron chi connectivity index (χ1n) is 9.32. The predicted octanol–water partition coefficient (Wildman–Crippen LogP) is 2.90. The van der Waals surface area contributed by atoms with Gasteiger partial charge in [-0.15, -0.1) is 11.8 Å². The molecule has 1 aromatic rings. The normalized spacial score (nSPS) is 18.2. The van der Waals surface area contributed by atoms with Gasteiger partial charge in [0.15, 0.2) is 0 Å². The Balaban J connectivity index is 2.12. The average molecular weight is 397 g/mol. The Labute approximate surface area is 163 Å². The molecule has 0 fully saturated rings. The Hall–Kier alpha value is -1.64. The van der Waals surface area contributed by atoms with E-state index in [9.17, 15) is 9.59 Å². The minimum Gasteiger partial charge on any atom is -0.426 e. The number of thioether (sulfide) groups is 1. The first kappa shape index (κ1) is 21.7. The highest BCUT2D eigenvalue weighted by atomic mass is 32.2. The van der Waals surface area contributed by atoms with Crippen molar-refractivity contribution in [2.45, 2.75) is 58.4 Å². The quantitative estimate of drug-likeness (QED) is 0.612. The van der Waals surface area contributed by atoms with Crippen molar-refractivity contribution in [2.75, 3.05) is 19.0 Å². The van der Waals surface area contributed by atoms with Crippen molar-refractivity contribution in [1.82, 2.24) is 5.32 Å². The van der Waals surface area contributed by atoms with Crippen LogP contribution in [0.5, 0.6) is 0 Å². The lowest BCUT2D eigenvalue weighted by molar-refractivity contribution is -0.168. The SMILES string of the molecule is CCCC(NC(=O)C1CSC(C(C)(OCC)OCC)=N1)c1cccc(=O)o1. The number of nitrogens with one attached hydrogen (secondary N) is 1. The van der Waals surface area contributed by atoms with Gasteiger partial charge in [-0.25, -0.2) is 4.79 Å². The maximum atomic E-state index is 12.7. The molecule has 0 spiro atoms. The number of carbonyl (C=O) groups is 1. The highest BCUT2D eigenvalue weighted by Gasteiger charge is 2.39. The van der Waals surface area contributed by atoms with Crippen molar-refractivity contribution in [3.8, 4) is 0 Å². The highest BCUT2D eigenvalue weighted by molar-refractivity contribution is 8.14. The molecule has 2 heterocycles. The molecule has 2 rings (SSSR count). The molecule has 150 valence electrons. The summed E-state index contributed by atoms with van der Waals surface area (Å²) < 4.78 is 16.7. The van der Waals surface area contributed by atoms with Crippen molar-refractivity contribution >= 4 is 22.7 Å². The number of rotatable bonds is 10. The summed E-state index contributed by atoms with van der Waals surface area (Å²) in [7, 11) is 0. The topological polar surface area (TPSA) is 90.1 Å². The van der Waals surface area contributed by atoms with Crippen LogP contribution in [-0.2, 0) is 14.3 Å². The molecule has 1 aliphatic heterocycles. The third-order valence-corrected chi connectivity index (χ3v) is 5.36. The molecular weight excluding hydrogens is 368 g/mol. The van der Waals surface area contributed by atoms with E-state index in [-0.39, 0.29) is 11.9 Å². The molecule has 1 amide bonds. The van der Waals surface area contributed by atoms with Gasteiger partial charge in [-0.3, -0.25) is 9.79 Å². The van der Waals surface area contributed by atoms with Gasteiger partial charge in [-0.2, -0.15) is 0 Å². The molecule has 0 saturated heterocycles. The van der Waals surface area contributed by atoms with E-state index < -0.39 is 17.5 Å². The lowest BCUT2D eigenvalue weighted by Crippen LogP contribution is -2.40. The fourth-order valence-electron chi connectivity index (χ4n) is 2.91. The number of amides is 1. The molecule has 0 aliphatic carbocycles. The number of nitrogens with zero attached hydrogens (tertiary/aromatic N) is 1. The second kappa shape index (κ2) is 10.1. The Morgan fingerprint density at radius 3 is 2.67 bits per heavy atom. The molecule has 0 bridgehead atoms. The van der Waals surface area contributed by atoms with Crippen LogP contribution in [0.15, 0.2) is 32.4 Å². The molecule has 8 heteroatoms. The monoisotopic (exact) mass is 396 g/mol. The zero-order valence-electron chi connectivity index (χ0n) is 16.3. The zero-order valence-corrected chi connectivity index (χ0v) is 17.1. The smallest absolute Gasteiger partial charge is 0.335 e. The Morgan fingerprint density at radius 2 is 2.07 bits per heavy atom.